The van der Waals surface area contributed by atoms with E-state index in [1.807, 2.05) is 24.3 Å². The summed E-state index contributed by atoms with van der Waals surface area (Å²) in [6.07, 6.45) is 0.976. The minimum absolute atomic E-state index is 0.170. The summed E-state index contributed by atoms with van der Waals surface area (Å²) < 4.78 is 6.48. The number of carbonyl (C=O) groups is 2. The van der Waals surface area contributed by atoms with Crippen molar-refractivity contribution >= 4 is 39.3 Å². The number of hydrogen-bond acceptors (Lipinski definition) is 3. The number of ether oxygens (including phenoxy) is 1. The van der Waals surface area contributed by atoms with E-state index in [1.165, 1.54) is 0 Å². The normalized spacial score (nSPS) is 10.2. The Morgan fingerprint density at radius 3 is 2.48 bits per heavy atom. The van der Waals surface area contributed by atoms with Gasteiger partial charge in [0.25, 0.3) is 0 Å². The van der Waals surface area contributed by atoms with Crippen molar-refractivity contribution < 1.29 is 14.3 Å². The lowest BCUT2D eigenvalue weighted by Crippen LogP contribution is -2.42. The maximum Gasteiger partial charge on any atom is 0.242 e. The van der Waals surface area contributed by atoms with Crippen molar-refractivity contribution in [3.05, 3.63) is 63.6 Å². The van der Waals surface area contributed by atoms with Crippen LogP contribution in [0.3, 0.4) is 0 Å². The second kappa shape index (κ2) is 10.1. The second-order valence-corrected chi connectivity index (χ2v) is 6.66. The predicted molar refractivity (Wildman–Crippen MR) is 100 cm³/mol. The molecule has 2 aromatic rings. The van der Waals surface area contributed by atoms with Gasteiger partial charge in [-0.25, -0.2) is 0 Å². The smallest absolute Gasteiger partial charge is 0.242 e. The van der Waals surface area contributed by atoms with Crippen LogP contribution in [0.1, 0.15) is 18.4 Å². The fraction of sp³-hybridized carbons (Fsp3) is 0.222. The van der Waals surface area contributed by atoms with E-state index in [-0.39, 0.29) is 24.7 Å². The lowest BCUT2D eigenvalue weighted by Gasteiger charge is -2.08. The highest BCUT2D eigenvalue weighted by Crippen LogP contribution is 2.17. The number of benzene rings is 2. The number of carbonyl (C=O) groups excluding carboxylic acids is 2. The monoisotopic (exact) mass is 424 g/mol. The molecule has 2 N–H and O–H groups in total. The van der Waals surface area contributed by atoms with Gasteiger partial charge in [0.2, 0.25) is 11.8 Å². The topological polar surface area (TPSA) is 67.4 Å². The zero-order chi connectivity index (χ0) is 18.1. The number of amides is 2. The fourth-order valence-electron chi connectivity index (χ4n) is 2.01. The third kappa shape index (κ3) is 7.58. The average molecular weight is 426 g/mol. The molecule has 25 heavy (non-hydrogen) atoms. The van der Waals surface area contributed by atoms with Crippen molar-refractivity contribution in [2.24, 2.45) is 0 Å². The third-order valence-electron chi connectivity index (χ3n) is 3.23. The van der Waals surface area contributed by atoms with Crippen LogP contribution in [0.25, 0.3) is 0 Å². The number of hydrazine groups is 1. The number of nitrogens with one attached hydrogen (secondary N) is 2. The number of hydrogen-bond donors (Lipinski definition) is 2. The molecular formula is C18H18BrClN2O3. The zero-order valence-corrected chi connectivity index (χ0v) is 15.8. The van der Waals surface area contributed by atoms with Crippen LogP contribution in [0, 0.1) is 0 Å². The summed E-state index contributed by atoms with van der Waals surface area (Å²) in [5, 5.41) is 0.613. The lowest BCUT2D eigenvalue weighted by molar-refractivity contribution is -0.128. The van der Waals surface area contributed by atoms with Gasteiger partial charge in [-0.05, 0) is 42.3 Å². The first kappa shape index (κ1) is 19.3. The molecule has 0 unspecified atom stereocenters. The van der Waals surface area contributed by atoms with Crippen LogP contribution in [0.15, 0.2) is 53.0 Å². The van der Waals surface area contributed by atoms with Crippen molar-refractivity contribution in [3.63, 3.8) is 0 Å². The average Bonchev–Trinajstić information content (AvgIpc) is 2.59. The largest absolute Gasteiger partial charge is 0.494 e. The SMILES string of the molecule is O=C(CCCOc1cccc(Br)c1)NNC(=O)Cc1ccc(Cl)cc1. The molecule has 132 valence electrons. The molecule has 2 rings (SSSR count). The first-order chi connectivity index (χ1) is 12.0. The van der Waals surface area contributed by atoms with E-state index in [2.05, 4.69) is 26.8 Å². The zero-order valence-electron chi connectivity index (χ0n) is 13.4. The molecule has 0 saturated heterocycles. The van der Waals surface area contributed by atoms with Crippen molar-refractivity contribution in [1.29, 1.82) is 0 Å². The molecule has 0 fully saturated rings. The molecule has 2 aromatic carbocycles. The van der Waals surface area contributed by atoms with E-state index in [0.29, 0.717) is 18.1 Å². The number of halogens is 2. The number of rotatable bonds is 7. The minimum Gasteiger partial charge on any atom is -0.494 e. The fourth-order valence-corrected chi connectivity index (χ4v) is 2.52. The molecule has 2 amide bonds. The third-order valence-corrected chi connectivity index (χ3v) is 3.98. The molecule has 0 saturated carbocycles. The summed E-state index contributed by atoms with van der Waals surface area (Å²) in [5.74, 6) is 0.189. The van der Waals surface area contributed by atoms with Crippen LogP contribution < -0.4 is 15.6 Å². The van der Waals surface area contributed by atoms with Crippen LogP contribution in [0.5, 0.6) is 5.75 Å². The molecule has 7 heteroatoms. The Morgan fingerprint density at radius 2 is 1.76 bits per heavy atom. The van der Waals surface area contributed by atoms with Crippen molar-refractivity contribution in [2.45, 2.75) is 19.3 Å². The molecule has 0 aromatic heterocycles. The summed E-state index contributed by atoms with van der Waals surface area (Å²) in [6, 6.07) is 14.5. The van der Waals surface area contributed by atoms with Crippen molar-refractivity contribution in [3.8, 4) is 5.75 Å². The highest BCUT2D eigenvalue weighted by atomic mass is 79.9. The highest BCUT2D eigenvalue weighted by Gasteiger charge is 2.06. The molecular weight excluding hydrogens is 408 g/mol. The van der Waals surface area contributed by atoms with Gasteiger partial charge < -0.3 is 4.74 Å². The molecule has 0 aliphatic rings. The molecule has 0 spiro atoms. The van der Waals surface area contributed by atoms with E-state index >= 15 is 0 Å². The van der Waals surface area contributed by atoms with Crippen LogP contribution in [-0.4, -0.2) is 18.4 Å². The Balaban J connectivity index is 1.60. The first-order valence-electron chi connectivity index (χ1n) is 7.73. The summed E-state index contributed by atoms with van der Waals surface area (Å²) in [5.41, 5.74) is 5.61. The molecule has 0 heterocycles. The van der Waals surface area contributed by atoms with Gasteiger partial charge >= 0.3 is 0 Å². The van der Waals surface area contributed by atoms with Gasteiger partial charge in [-0.15, -0.1) is 0 Å². The van der Waals surface area contributed by atoms with Gasteiger partial charge in [0, 0.05) is 15.9 Å². The molecule has 0 atom stereocenters. The Labute approximate surface area is 159 Å². The van der Waals surface area contributed by atoms with Gasteiger partial charge in [-0.3, -0.25) is 20.4 Å². The van der Waals surface area contributed by atoms with Crippen molar-refractivity contribution in [2.75, 3.05) is 6.61 Å². The molecule has 5 nitrogen and oxygen atoms in total. The van der Waals surface area contributed by atoms with Gasteiger partial charge in [0.05, 0.1) is 13.0 Å². The Kier molecular flexibility index (Phi) is 7.76. The maximum atomic E-state index is 11.8. The standard InChI is InChI=1S/C18H18BrClN2O3/c19-14-3-1-4-16(12-14)25-10-2-5-17(23)21-22-18(24)11-13-6-8-15(20)9-7-13/h1,3-4,6-9,12H,2,5,10-11H2,(H,21,23)(H,22,24). The summed E-state index contributed by atoms with van der Waals surface area (Å²) >= 11 is 9.15. The second-order valence-electron chi connectivity index (χ2n) is 5.31. The quantitative estimate of drug-likeness (QED) is 0.525. The Morgan fingerprint density at radius 1 is 1.04 bits per heavy atom. The Bertz CT molecular complexity index is 723. The highest BCUT2D eigenvalue weighted by molar-refractivity contribution is 9.10. The summed E-state index contributed by atoms with van der Waals surface area (Å²) in [6.45, 7) is 0.419. The minimum atomic E-state index is -0.291. The van der Waals surface area contributed by atoms with Crippen molar-refractivity contribution in [1.82, 2.24) is 10.9 Å². The first-order valence-corrected chi connectivity index (χ1v) is 8.90. The van der Waals surface area contributed by atoms with Crippen LogP contribution in [0.2, 0.25) is 5.02 Å². The molecule has 0 aliphatic carbocycles. The van der Waals surface area contributed by atoms with Crippen LogP contribution >= 0.6 is 27.5 Å². The Hall–Kier alpha value is -2.05. The van der Waals surface area contributed by atoms with E-state index in [0.717, 1.165) is 15.8 Å². The van der Waals surface area contributed by atoms with Crippen LogP contribution in [0.4, 0.5) is 0 Å². The lowest BCUT2D eigenvalue weighted by atomic mass is 10.1. The van der Waals surface area contributed by atoms with E-state index in [1.54, 1.807) is 24.3 Å². The predicted octanol–water partition coefficient (Wildman–Crippen LogP) is 3.65. The van der Waals surface area contributed by atoms with Gasteiger partial charge in [-0.1, -0.05) is 45.7 Å². The van der Waals surface area contributed by atoms with Gasteiger partial charge in [-0.2, -0.15) is 0 Å². The molecule has 0 radical (unpaired) electrons. The van der Waals surface area contributed by atoms with Crippen LogP contribution in [-0.2, 0) is 16.0 Å². The van der Waals surface area contributed by atoms with E-state index in [9.17, 15) is 9.59 Å². The van der Waals surface area contributed by atoms with Gasteiger partial charge in [0.15, 0.2) is 0 Å². The van der Waals surface area contributed by atoms with E-state index < -0.39 is 0 Å². The van der Waals surface area contributed by atoms with Gasteiger partial charge in [0.1, 0.15) is 5.75 Å². The summed E-state index contributed by atoms with van der Waals surface area (Å²) in [7, 11) is 0. The molecule has 0 bridgehead atoms. The summed E-state index contributed by atoms with van der Waals surface area (Å²) in [4.78, 5) is 23.5. The maximum absolute atomic E-state index is 11.8. The van der Waals surface area contributed by atoms with E-state index in [4.69, 9.17) is 16.3 Å². The molecule has 0 aliphatic heterocycles.